The summed E-state index contributed by atoms with van der Waals surface area (Å²) in [6, 6.07) is 16.6. The van der Waals surface area contributed by atoms with Crippen LogP contribution in [0.2, 0.25) is 0 Å². The van der Waals surface area contributed by atoms with Crippen LogP contribution in [0.25, 0.3) is 11.1 Å². The SMILES string of the molecule is Cc1cc(C)c(S(=O)(=O)N(Cc2ccc(-c3cccc(S(=O)(=O)CCO)c3)cc2)Cc2nc(C(F)(F)F)cs2)c(C)c1. The van der Waals surface area contributed by atoms with E-state index in [0.29, 0.717) is 27.8 Å². The molecule has 4 rings (SSSR count). The third-order valence-corrected chi connectivity index (χ3v) is 11.2. The van der Waals surface area contributed by atoms with E-state index in [2.05, 4.69) is 4.98 Å². The van der Waals surface area contributed by atoms with Crippen molar-refractivity contribution in [1.29, 1.82) is 0 Å². The highest BCUT2D eigenvalue weighted by atomic mass is 32.2. The summed E-state index contributed by atoms with van der Waals surface area (Å²) in [5.41, 5.74) is 2.72. The number of benzene rings is 3. The van der Waals surface area contributed by atoms with Crippen molar-refractivity contribution in [2.45, 2.75) is 49.8 Å². The van der Waals surface area contributed by atoms with Crippen LogP contribution in [0.4, 0.5) is 13.2 Å². The van der Waals surface area contributed by atoms with Crippen LogP contribution >= 0.6 is 11.3 Å². The quantitative estimate of drug-likeness (QED) is 0.232. The van der Waals surface area contributed by atoms with Gasteiger partial charge < -0.3 is 5.11 Å². The summed E-state index contributed by atoms with van der Waals surface area (Å²) in [5, 5.41) is 9.95. The highest BCUT2D eigenvalue weighted by molar-refractivity contribution is 7.91. The molecule has 0 saturated heterocycles. The lowest BCUT2D eigenvalue weighted by Crippen LogP contribution is -2.31. The number of aromatic nitrogens is 1. The third kappa shape index (κ3) is 7.09. The van der Waals surface area contributed by atoms with Gasteiger partial charge in [-0.15, -0.1) is 11.3 Å². The smallest absolute Gasteiger partial charge is 0.395 e. The Hall–Kier alpha value is -3.10. The van der Waals surface area contributed by atoms with E-state index >= 15 is 0 Å². The number of sulfone groups is 1. The first-order chi connectivity index (χ1) is 19.6. The number of rotatable bonds is 10. The Morgan fingerprint density at radius 1 is 0.881 bits per heavy atom. The molecule has 224 valence electrons. The summed E-state index contributed by atoms with van der Waals surface area (Å²) in [6.45, 7) is 4.21. The van der Waals surface area contributed by atoms with E-state index in [1.54, 1.807) is 62.4 Å². The van der Waals surface area contributed by atoms with Crippen molar-refractivity contribution < 1.29 is 35.1 Å². The van der Waals surface area contributed by atoms with Gasteiger partial charge in [-0.3, -0.25) is 0 Å². The molecule has 13 heteroatoms. The average Bonchev–Trinajstić information content (AvgIpc) is 3.37. The van der Waals surface area contributed by atoms with Gasteiger partial charge in [0.25, 0.3) is 0 Å². The first kappa shape index (κ1) is 31.8. The molecule has 1 heterocycles. The third-order valence-electron chi connectivity index (χ3n) is 6.56. The van der Waals surface area contributed by atoms with E-state index in [0.717, 1.165) is 26.6 Å². The Labute approximate surface area is 247 Å². The summed E-state index contributed by atoms with van der Waals surface area (Å²) < 4.78 is 93.5. The fourth-order valence-electron chi connectivity index (χ4n) is 4.71. The average molecular weight is 639 g/mol. The molecular weight excluding hydrogens is 610 g/mol. The lowest BCUT2D eigenvalue weighted by atomic mass is 10.0. The second-order valence-corrected chi connectivity index (χ2v) is 14.8. The maximum absolute atomic E-state index is 14.0. The van der Waals surface area contributed by atoms with Crippen molar-refractivity contribution in [2.75, 3.05) is 12.4 Å². The van der Waals surface area contributed by atoms with Crippen LogP contribution in [0.3, 0.4) is 0 Å². The van der Waals surface area contributed by atoms with Gasteiger partial charge in [0.2, 0.25) is 10.0 Å². The van der Waals surface area contributed by atoms with Gasteiger partial charge in [0.1, 0.15) is 5.01 Å². The van der Waals surface area contributed by atoms with Crippen molar-refractivity contribution in [3.8, 4) is 11.1 Å². The van der Waals surface area contributed by atoms with E-state index in [-0.39, 0.29) is 27.9 Å². The summed E-state index contributed by atoms with van der Waals surface area (Å²) >= 11 is 0.742. The lowest BCUT2D eigenvalue weighted by Gasteiger charge is -2.24. The van der Waals surface area contributed by atoms with Crippen LogP contribution < -0.4 is 0 Å². The standard InChI is InChI=1S/C29H29F3N2O5S3/c1-19-13-20(2)28(21(3)14-19)42(38,39)34(17-27-33-26(18-40-27)29(30,31)32)16-22-7-9-23(10-8-22)24-5-4-6-25(15-24)41(36,37)12-11-35/h4-10,13-15,18,35H,11-12,16-17H2,1-3H3. The van der Waals surface area contributed by atoms with Gasteiger partial charge in [0, 0.05) is 11.9 Å². The molecule has 42 heavy (non-hydrogen) atoms. The Morgan fingerprint density at radius 2 is 1.52 bits per heavy atom. The van der Waals surface area contributed by atoms with Crippen LogP contribution in [0.5, 0.6) is 0 Å². The number of halogens is 3. The molecule has 0 amide bonds. The molecule has 0 aliphatic rings. The second kappa shape index (κ2) is 12.3. The highest BCUT2D eigenvalue weighted by Crippen LogP contribution is 2.33. The van der Waals surface area contributed by atoms with E-state index in [9.17, 15) is 30.0 Å². The number of nitrogens with zero attached hydrogens (tertiary/aromatic N) is 2. The largest absolute Gasteiger partial charge is 0.434 e. The molecule has 4 aromatic rings. The normalized spacial score (nSPS) is 12.7. The minimum Gasteiger partial charge on any atom is -0.395 e. The molecule has 7 nitrogen and oxygen atoms in total. The lowest BCUT2D eigenvalue weighted by molar-refractivity contribution is -0.140. The number of hydrogen-bond donors (Lipinski definition) is 1. The van der Waals surface area contributed by atoms with Crippen LogP contribution in [-0.2, 0) is 39.1 Å². The van der Waals surface area contributed by atoms with Crippen LogP contribution in [0.1, 0.15) is 33.0 Å². The molecule has 1 N–H and O–H groups in total. The summed E-state index contributed by atoms with van der Waals surface area (Å²) in [5.74, 6) is -0.400. The number of aliphatic hydroxyl groups is 1. The number of thiazole rings is 1. The minimum absolute atomic E-state index is 0.00541. The zero-order valence-electron chi connectivity index (χ0n) is 23.0. The zero-order valence-corrected chi connectivity index (χ0v) is 25.5. The number of sulfonamides is 1. The molecule has 0 unspecified atom stereocenters. The predicted molar refractivity (Wildman–Crippen MR) is 155 cm³/mol. The molecule has 0 atom stereocenters. The molecule has 0 aliphatic carbocycles. The molecule has 0 aliphatic heterocycles. The number of aliphatic hydroxyl groups excluding tert-OH is 1. The minimum atomic E-state index is -4.65. The highest BCUT2D eigenvalue weighted by Gasteiger charge is 2.35. The predicted octanol–water partition coefficient (Wildman–Crippen LogP) is 5.91. The maximum atomic E-state index is 14.0. The van der Waals surface area contributed by atoms with Gasteiger partial charge in [-0.25, -0.2) is 21.8 Å². The fourth-order valence-corrected chi connectivity index (χ4v) is 8.47. The second-order valence-electron chi connectivity index (χ2n) is 9.89. The van der Waals surface area contributed by atoms with E-state index < -0.39 is 44.1 Å². The van der Waals surface area contributed by atoms with Crippen LogP contribution in [0, 0.1) is 20.8 Å². The van der Waals surface area contributed by atoms with Gasteiger partial charge in [-0.2, -0.15) is 17.5 Å². The van der Waals surface area contributed by atoms with E-state index in [4.69, 9.17) is 5.11 Å². The summed E-state index contributed by atoms with van der Waals surface area (Å²) in [6.07, 6.45) is -4.65. The van der Waals surface area contributed by atoms with Gasteiger partial charge in [-0.1, -0.05) is 54.1 Å². The maximum Gasteiger partial charge on any atom is 0.434 e. The van der Waals surface area contributed by atoms with Gasteiger partial charge in [-0.05, 0) is 60.7 Å². The number of hydrogen-bond acceptors (Lipinski definition) is 7. The van der Waals surface area contributed by atoms with Crippen molar-refractivity contribution in [2.24, 2.45) is 0 Å². The van der Waals surface area contributed by atoms with E-state index in [1.807, 2.05) is 6.92 Å². The molecule has 0 bridgehead atoms. The van der Waals surface area contributed by atoms with Gasteiger partial charge >= 0.3 is 6.18 Å². The summed E-state index contributed by atoms with van der Waals surface area (Å²) in [7, 11) is -7.81. The van der Waals surface area contributed by atoms with E-state index in [1.165, 1.54) is 12.1 Å². The van der Waals surface area contributed by atoms with Crippen molar-refractivity contribution in [1.82, 2.24) is 9.29 Å². The van der Waals surface area contributed by atoms with Crippen molar-refractivity contribution >= 4 is 31.2 Å². The van der Waals surface area contributed by atoms with Crippen LogP contribution in [0.15, 0.2) is 75.8 Å². The molecule has 0 fully saturated rings. The van der Waals surface area contributed by atoms with Gasteiger partial charge in [0.15, 0.2) is 15.5 Å². The molecule has 3 aromatic carbocycles. The monoisotopic (exact) mass is 638 g/mol. The number of alkyl halides is 3. The first-order valence-corrected chi connectivity index (χ1v) is 16.7. The Balaban J connectivity index is 1.69. The summed E-state index contributed by atoms with van der Waals surface area (Å²) in [4.78, 5) is 3.81. The topological polar surface area (TPSA) is 105 Å². The van der Waals surface area contributed by atoms with Crippen molar-refractivity contribution in [3.63, 3.8) is 0 Å². The fraction of sp³-hybridized carbons (Fsp3) is 0.276. The Morgan fingerprint density at radius 3 is 2.10 bits per heavy atom. The molecule has 1 aromatic heterocycles. The van der Waals surface area contributed by atoms with Crippen LogP contribution in [-0.4, -0.2) is 43.6 Å². The van der Waals surface area contributed by atoms with Gasteiger partial charge in [0.05, 0.1) is 28.7 Å². The first-order valence-electron chi connectivity index (χ1n) is 12.7. The molecule has 0 spiro atoms. The molecule has 0 radical (unpaired) electrons. The zero-order chi connectivity index (χ0) is 30.9. The molecular formula is C29H29F3N2O5S3. The molecule has 0 saturated carbocycles. The van der Waals surface area contributed by atoms with Crippen molar-refractivity contribution in [3.05, 3.63) is 99.0 Å². The Bertz CT molecular complexity index is 1780. The Kier molecular flexibility index (Phi) is 9.28. The number of aryl methyl sites for hydroxylation is 3.